The molecule has 1 aliphatic heterocycles. The first-order chi connectivity index (χ1) is 15.2. The number of aromatic nitrogens is 6. The molecular weight excluding hydrogens is 400 g/mol. The van der Waals surface area contributed by atoms with Crippen molar-refractivity contribution in [3.8, 4) is 17.3 Å². The van der Waals surface area contributed by atoms with Crippen LogP contribution in [0.2, 0.25) is 0 Å². The van der Waals surface area contributed by atoms with E-state index in [0.717, 1.165) is 23.9 Å². The number of rotatable bonds is 5. The number of hydrogen-bond donors (Lipinski definition) is 1. The summed E-state index contributed by atoms with van der Waals surface area (Å²) in [4.78, 5) is 31.0. The molecule has 0 saturated carbocycles. The minimum absolute atomic E-state index is 0.00377. The number of imidazole rings is 1. The topological polar surface area (TPSA) is 117 Å². The molecule has 0 spiro atoms. The fraction of sp³-hybridized carbons (Fsp3) is 0.381. The Morgan fingerprint density at radius 3 is 2.65 bits per heavy atom. The highest BCUT2D eigenvalue weighted by molar-refractivity contribution is 6.00. The third-order valence-corrected chi connectivity index (χ3v) is 5.62. The Bertz CT molecular complexity index is 1290. The van der Waals surface area contributed by atoms with Crippen LogP contribution >= 0.6 is 0 Å². The van der Waals surface area contributed by atoms with E-state index in [4.69, 9.17) is 14.5 Å². The molecule has 1 fully saturated rings. The molecule has 0 unspecified atom stereocenters. The molecule has 0 amide bonds. The fourth-order valence-electron chi connectivity index (χ4n) is 4.12. The van der Waals surface area contributed by atoms with Gasteiger partial charge in [-0.15, -0.1) is 0 Å². The molecule has 0 atom stereocenters. The van der Waals surface area contributed by atoms with Gasteiger partial charge in [-0.1, -0.05) is 0 Å². The Hall–Kier alpha value is -3.37. The zero-order chi connectivity index (χ0) is 21.4. The van der Waals surface area contributed by atoms with Crippen molar-refractivity contribution in [1.82, 2.24) is 29.1 Å². The molecule has 0 radical (unpaired) electrons. The summed E-state index contributed by atoms with van der Waals surface area (Å²) in [5.74, 6) is 0. The quantitative estimate of drug-likeness (QED) is 0.515. The van der Waals surface area contributed by atoms with E-state index in [1.807, 2.05) is 12.1 Å². The van der Waals surface area contributed by atoms with Crippen molar-refractivity contribution in [3.63, 3.8) is 0 Å². The lowest BCUT2D eigenvalue weighted by molar-refractivity contribution is 0.0695. The zero-order valence-corrected chi connectivity index (χ0v) is 17.1. The smallest absolute Gasteiger partial charge is 0.329 e. The van der Waals surface area contributed by atoms with Gasteiger partial charge in [0.1, 0.15) is 5.52 Å². The number of ether oxygens (including phenoxy) is 2. The standard InChI is InChI=1S/C21H22N6O4/c1-30-20-23-10-13(11-24-20)15-2-3-16-18(25-15)19-17(12-22-16)26(6-7-28)21(29)27(19)14-4-8-31-9-5-14/h2-3,10-12,14,28H,4-9H2,1H3. The minimum Gasteiger partial charge on any atom is -0.467 e. The summed E-state index contributed by atoms with van der Waals surface area (Å²) in [6.07, 6.45) is 6.47. The van der Waals surface area contributed by atoms with Crippen molar-refractivity contribution in [3.05, 3.63) is 41.2 Å². The highest BCUT2D eigenvalue weighted by atomic mass is 16.5. The first kappa shape index (κ1) is 19.6. The predicted molar refractivity (Wildman–Crippen MR) is 113 cm³/mol. The van der Waals surface area contributed by atoms with Gasteiger partial charge in [0.2, 0.25) is 0 Å². The molecule has 10 heteroatoms. The van der Waals surface area contributed by atoms with Gasteiger partial charge in [0, 0.05) is 37.2 Å². The molecule has 10 nitrogen and oxygen atoms in total. The van der Waals surface area contributed by atoms with Gasteiger partial charge in [0.05, 0.1) is 48.7 Å². The Kier molecular flexibility index (Phi) is 5.08. The summed E-state index contributed by atoms with van der Waals surface area (Å²) in [5, 5.41) is 9.52. The largest absolute Gasteiger partial charge is 0.467 e. The van der Waals surface area contributed by atoms with Gasteiger partial charge in [-0.25, -0.2) is 19.7 Å². The van der Waals surface area contributed by atoms with E-state index in [1.54, 1.807) is 27.7 Å². The molecule has 4 aromatic rings. The monoisotopic (exact) mass is 422 g/mol. The molecular formula is C21H22N6O4. The lowest BCUT2D eigenvalue weighted by Gasteiger charge is -2.23. The zero-order valence-electron chi connectivity index (χ0n) is 17.1. The van der Waals surface area contributed by atoms with Crippen molar-refractivity contribution < 1.29 is 14.6 Å². The maximum atomic E-state index is 13.3. The Balaban J connectivity index is 1.76. The van der Waals surface area contributed by atoms with Gasteiger partial charge in [-0.2, -0.15) is 0 Å². The van der Waals surface area contributed by atoms with E-state index in [0.29, 0.717) is 35.5 Å². The summed E-state index contributed by atoms with van der Waals surface area (Å²) in [7, 11) is 1.51. The Morgan fingerprint density at radius 1 is 1.16 bits per heavy atom. The van der Waals surface area contributed by atoms with Crippen molar-refractivity contribution >= 4 is 22.1 Å². The predicted octanol–water partition coefficient (Wildman–Crippen LogP) is 1.56. The first-order valence-corrected chi connectivity index (χ1v) is 10.2. The van der Waals surface area contributed by atoms with Crippen molar-refractivity contribution in [2.24, 2.45) is 0 Å². The van der Waals surface area contributed by atoms with Crippen LogP contribution in [-0.4, -0.2) is 61.1 Å². The average Bonchev–Trinajstić information content (AvgIpc) is 3.11. The first-order valence-electron chi connectivity index (χ1n) is 10.2. The van der Waals surface area contributed by atoms with Gasteiger partial charge in [-0.3, -0.25) is 14.1 Å². The molecule has 5 rings (SSSR count). The van der Waals surface area contributed by atoms with Crippen LogP contribution in [0, 0.1) is 0 Å². The lowest BCUT2D eigenvalue weighted by Crippen LogP contribution is -2.31. The van der Waals surface area contributed by atoms with Crippen LogP contribution in [0.15, 0.2) is 35.5 Å². The summed E-state index contributed by atoms with van der Waals surface area (Å²) in [6, 6.07) is 4.02. The van der Waals surface area contributed by atoms with E-state index < -0.39 is 0 Å². The highest BCUT2D eigenvalue weighted by Crippen LogP contribution is 2.30. The normalized spacial score (nSPS) is 15.0. The van der Waals surface area contributed by atoms with Crippen molar-refractivity contribution in [1.29, 1.82) is 0 Å². The number of nitrogens with zero attached hydrogens (tertiary/aromatic N) is 6. The van der Waals surface area contributed by atoms with Gasteiger partial charge >= 0.3 is 11.7 Å². The Morgan fingerprint density at radius 2 is 1.94 bits per heavy atom. The van der Waals surface area contributed by atoms with Crippen LogP contribution in [0.25, 0.3) is 33.3 Å². The van der Waals surface area contributed by atoms with Gasteiger partial charge in [-0.05, 0) is 25.0 Å². The van der Waals surface area contributed by atoms with Crippen LogP contribution in [0.1, 0.15) is 18.9 Å². The number of methoxy groups -OCH3 is 1. The number of pyridine rings is 2. The van der Waals surface area contributed by atoms with E-state index >= 15 is 0 Å². The molecule has 0 aliphatic carbocycles. The second kappa shape index (κ2) is 8.05. The van der Waals surface area contributed by atoms with E-state index in [2.05, 4.69) is 15.0 Å². The number of aliphatic hydroxyl groups is 1. The van der Waals surface area contributed by atoms with Crippen LogP contribution in [0.5, 0.6) is 6.01 Å². The molecule has 0 bridgehead atoms. The Labute approximate surface area is 177 Å². The van der Waals surface area contributed by atoms with E-state index in [-0.39, 0.29) is 30.9 Å². The maximum Gasteiger partial charge on any atom is 0.329 e. The van der Waals surface area contributed by atoms with Crippen molar-refractivity contribution in [2.75, 3.05) is 26.9 Å². The number of hydrogen-bond acceptors (Lipinski definition) is 8. The van der Waals surface area contributed by atoms with Gasteiger partial charge in [0.15, 0.2) is 0 Å². The van der Waals surface area contributed by atoms with Crippen LogP contribution in [0.4, 0.5) is 0 Å². The molecule has 1 saturated heterocycles. The second-order valence-electron chi connectivity index (χ2n) is 7.39. The molecule has 0 aromatic carbocycles. The summed E-state index contributed by atoms with van der Waals surface area (Å²) in [5.41, 5.74) is 3.95. The third-order valence-electron chi connectivity index (χ3n) is 5.62. The van der Waals surface area contributed by atoms with E-state index in [9.17, 15) is 9.90 Å². The average molecular weight is 422 g/mol. The molecule has 1 aliphatic rings. The third kappa shape index (κ3) is 3.33. The van der Waals surface area contributed by atoms with Crippen molar-refractivity contribution in [2.45, 2.75) is 25.4 Å². The highest BCUT2D eigenvalue weighted by Gasteiger charge is 2.25. The molecule has 31 heavy (non-hydrogen) atoms. The molecule has 160 valence electrons. The molecule has 4 aromatic heterocycles. The number of fused-ring (bicyclic) bond motifs is 3. The van der Waals surface area contributed by atoms with Crippen LogP contribution in [-0.2, 0) is 11.3 Å². The second-order valence-corrected chi connectivity index (χ2v) is 7.39. The van der Waals surface area contributed by atoms with Crippen LogP contribution in [0.3, 0.4) is 0 Å². The number of aliphatic hydroxyl groups excluding tert-OH is 1. The van der Waals surface area contributed by atoms with Crippen LogP contribution < -0.4 is 10.4 Å². The molecule has 5 heterocycles. The summed E-state index contributed by atoms with van der Waals surface area (Å²) >= 11 is 0. The van der Waals surface area contributed by atoms with Gasteiger partial charge < -0.3 is 14.6 Å². The summed E-state index contributed by atoms with van der Waals surface area (Å²) < 4.78 is 13.9. The van der Waals surface area contributed by atoms with Gasteiger partial charge in [0.25, 0.3) is 0 Å². The maximum absolute atomic E-state index is 13.3. The minimum atomic E-state index is -0.162. The fourth-order valence-corrected chi connectivity index (χ4v) is 4.12. The lowest BCUT2D eigenvalue weighted by atomic mass is 10.1. The molecule has 1 N–H and O–H groups in total. The summed E-state index contributed by atoms with van der Waals surface area (Å²) in [6.45, 7) is 1.27. The van der Waals surface area contributed by atoms with E-state index in [1.165, 1.54) is 7.11 Å². The SMILES string of the molecule is COc1ncc(-c2ccc3ncc4c(c3n2)n(C2CCOCC2)c(=O)n4CCO)cn1.